The molecule has 1 heterocycles. The SMILES string of the molecule is CCOc1cc(/C=C2\C(=O)NC(=O)N(c3cccc(C)c3)C2=O)cc(Cl)c1OS(=O)(=O)c1ccc(C)cc1. The van der Waals surface area contributed by atoms with Crippen LogP contribution in [0.15, 0.2) is 71.1 Å². The molecule has 38 heavy (non-hydrogen) atoms. The highest BCUT2D eigenvalue weighted by atomic mass is 35.5. The van der Waals surface area contributed by atoms with E-state index >= 15 is 0 Å². The molecule has 0 aromatic heterocycles. The molecule has 0 saturated carbocycles. The fourth-order valence-electron chi connectivity index (χ4n) is 3.70. The number of halogens is 1. The van der Waals surface area contributed by atoms with Crippen LogP contribution in [0, 0.1) is 13.8 Å². The first-order valence-electron chi connectivity index (χ1n) is 11.5. The number of nitrogens with zero attached hydrogens (tertiary/aromatic N) is 1. The lowest BCUT2D eigenvalue weighted by Crippen LogP contribution is -2.54. The monoisotopic (exact) mass is 554 g/mol. The third kappa shape index (κ3) is 5.56. The van der Waals surface area contributed by atoms with Gasteiger partial charge in [0.15, 0.2) is 5.75 Å². The maximum atomic E-state index is 13.2. The Labute approximate surface area is 224 Å². The van der Waals surface area contributed by atoms with Gasteiger partial charge in [0.05, 0.1) is 17.3 Å². The number of barbiturate groups is 1. The number of amides is 4. The molecule has 4 rings (SSSR count). The molecule has 1 saturated heterocycles. The number of hydrogen-bond acceptors (Lipinski definition) is 7. The predicted octanol–water partition coefficient (Wildman–Crippen LogP) is 4.79. The molecular formula is C27H23ClN2O7S. The summed E-state index contributed by atoms with van der Waals surface area (Å²) in [6.45, 7) is 5.45. The lowest BCUT2D eigenvalue weighted by atomic mass is 10.1. The number of carbonyl (C=O) groups is 3. The zero-order valence-corrected chi connectivity index (χ0v) is 22.2. The van der Waals surface area contributed by atoms with E-state index in [1.165, 1.54) is 30.3 Å². The van der Waals surface area contributed by atoms with Crippen LogP contribution in [0.1, 0.15) is 23.6 Å². The molecule has 11 heteroatoms. The van der Waals surface area contributed by atoms with Crippen molar-refractivity contribution in [3.05, 3.63) is 87.9 Å². The van der Waals surface area contributed by atoms with Crippen molar-refractivity contribution in [1.82, 2.24) is 5.32 Å². The molecule has 4 amide bonds. The van der Waals surface area contributed by atoms with Crippen LogP contribution < -0.4 is 19.1 Å². The fraction of sp³-hybridized carbons (Fsp3) is 0.148. The van der Waals surface area contributed by atoms with Crippen molar-refractivity contribution in [2.24, 2.45) is 0 Å². The summed E-state index contributed by atoms with van der Waals surface area (Å²) < 4.78 is 36.6. The van der Waals surface area contributed by atoms with Gasteiger partial charge in [0.25, 0.3) is 11.8 Å². The molecule has 3 aromatic carbocycles. The number of nitrogens with one attached hydrogen (secondary N) is 1. The van der Waals surface area contributed by atoms with E-state index in [1.54, 1.807) is 50.2 Å². The fourth-order valence-corrected chi connectivity index (χ4v) is 4.96. The van der Waals surface area contributed by atoms with Crippen LogP contribution in [0.25, 0.3) is 6.08 Å². The Morgan fingerprint density at radius 3 is 2.34 bits per heavy atom. The van der Waals surface area contributed by atoms with Crippen molar-refractivity contribution >= 4 is 51.3 Å². The molecule has 1 aliphatic heterocycles. The Hall–Kier alpha value is -4.15. The summed E-state index contributed by atoms with van der Waals surface area (Å²) >= 11 is 6.40. The summed E-state index contributed by atoms with van der Waals surface area (Å²) in [6.07, 6.45) is 1.24. The van der Waals surface area contributed by atoms with E-state index < -0.39 is 28.0 Å². The molecule has 0 radical (unpaired) electrons. The van der Waals surface area contributed by atoms with E-state index in [9.17, 15) is 22.8 Å². The van der Waals surface area contributed by atoms with Gasteiger partial charge in [0.2, 0.25) is 5.75 Å². The first kappa shape index (κ1) is 26.9. The van der Waals surface area contributed by atoms with Crippen LogP contribution in [-0.4, -0.2) is 32.9 Å². The molecule has 1 fully saturated rings. The third-order valence-electron chi connectivity index (χ3n) is 5.51. The Kier molecular flexibility index (Phi) is 7.56. The topological polar surface area (TPSA) is 119 Å². The number of anilines is 1. The average Bonchev–Trinajstić information content (AvgIpc) is 2.84. The highest BCUT2D eigenvalue weighted by molar-refractivity contribution is 7.87. The Morgan fingerprint density at radius 2 is 1.68 bits per heavy atom. The molecule has 9 nitrogen and oxygen atoms in total. The van der Waals surface area contributed by atoms with Crippen LogP contribution >= 0.6 is 11.6 Å². The van der Waals surface area contributed by atoms with Crippen molar-refractivity contribution in [1.29, 1.82) is 0 Å². The minimum absolute atomic E-state index is 0.0159. The standard InChI is InChI=1S/C27H23ClN2O7S/c1-4-36-23-15-18(14-22(28)24(23)37-38(34,35)20-10-8-16(2)9-11-20)13-21-25(31)29-27(33)30(26(21)32)19-7-5-6-17(3)12-19/h5-15H,4H2,1-3H3,(H,29,31,33)/b21-13+. The molecule has 0 atom stereocenters. The second-order valence-electron chi connectivity index (χ2n) is 8.41. The lowest BCUT2D eigenvalue weighted by Gasteiger charge is -2.26. The zero-order valence-electron chi connectivity index (χ0n) is 20.6. The minimum atomic E-state index is -4.24. The first-order chi connectivity index (χ1) is 18.0. The number of rotatable bonds is 7. The van der Waals surface area contributed by atoms with Crippen LogP contribution in [0.2, 0.25) is 5.02 Å². The van der Waals surface area contributed by atoms with Crippen LogP contribution in [0.5, 0.6) is 11.5 Å². The molecule has 0 spiro atoms. The minimum Gasteiger partial charge on any atom is -0.490 e. The number of imide groups is 2. The molecule has 1 N–H and O–H groups in total. The quantitative estimate of drug-likeness (QED) is 0.253. The second kappa shape index (κ2) is 10.7. The van der Waals surface area contributed by atoms with Gasteiger partial charge < -0.3 is 8.92 Å². The van der Waals surface area contributed by atoms with E-state index in [1.807, 2.05) is 6.92 Å². The summed E-state index contributed by atoms with van der Waals surface area (Å²) in [5.74, 6) is -1.98. The van der Waals surface area contributed by atoms with Crippen molar-refractivity contribution in [2.45, 2.75) is 25.7 Å². The van der Waals surface area contributed by atoms with E-state index in [0.717, 1.165) is 16.0 Å². The normalized spacial score (nSPS) is 15.0. The summed E-state index contributed by atoms with van der Waals surface area (Å²) in [5, 5.41) is 2.03. The summed E-state index contributed by atoms with van der Waals surface area (Å²) in [7, 11) is -4.24. The number of benzene rings is 3. The molecular weight excluding hydrogens is 532 g/mol. The largest absolute Gasteiger partial charge is 0.490 e. The van der Waals surface area contributed by atoms with Crippen LogP contribution in [-0.2, 0) is 19.7 Å². The maximum Gasteiger partial charge on any atom is 0.339 e. The maximum absolute atomic E-state index is 13.2. The number of carbonyl (C=O) groups excluding carboxylic acids is 3. The number of aryl methyl sites for hydroxylation is 2. The summed E-state index contributed by atoms with van der Waals surface area (Å²) in [4.78, 5) is 39.0. The van der Waals surface area contributed by atoms with Gasteiger partial charge in [-0.15, -0.1) is 0 Å². The first-order valence-corrected chi connectivity index (χ1v) is 13.2. The lowest BCUT2D eigenvalue weighted by molar-refractivity contribution is -0.122. The van der Waals surface area contributed by atoms with Gasteiger partial charge in [0, 0.05) is 0 Å². The van der Waals surface area contributed by atoms with Crippen molar-refractivity contribution < 1.29 is 31.7 Å². The molecule has 1 aliphatic rings. The van der Waals surface area contributed by atoms with E-state index in [4.69, 9.17) is 20.5 Å². The van der Waals surface area contributed by atoms with Crippen molar-refractivity contribution in [3.8, 4) is 11.5 Å². The number of hydrogen-bond donors (Lipinski definition) is 1. The van der Waals surface area contributed by atoms with Gasteiger partial charge in [-0.2, -0.15) is 8.42 Å². The number of ether oxygens (including phenoxy) is 1. The van der Waals surface area contributed by atoms with Gasteiger partial charge in [-0.1, -0.05) is 41.4 Å². The summed E-state index contributed by atoms with van der Waals surface area (Å²) in [6, 6.07) is 14.6. The van der Waals surface area contributed by atoms with Gasteiger partial charge in [-0.25, -0.2) is 9.69 Å². The highest BCUT2D eigenvalue weighted by Crippen LogP contribution is 2.39. The smallest absolute Gasteiger partial charge is 0.339 e. The summed E-state index contributed by atoms with van der Waals surface area (Å²) in [5.41, 5.74) is 1.90. The van der Waals surface area contributed by atoms with E-state index in [0.29, 0.717) is 5.69 Å². The Balaban J connectivity index is 1.72. The molecule has 0 aliphatic carbocycles. The second-order valence-corrected chi connectivity index (χ2v) is 10.4. The van der Waals surface area contributed by atoms with Crippen molar-refractivity contribution in [2.75, 3.05) is 11.5 Å². The predicted molar refractivity (Wildman–Crippen MR) is 142 cm³/mol. The Bertz CT molecular complexity index is 1580. The molecule has 0 bridgehead atoms. The van der Waals surface area contributed by atoms with Crippen LogP contribution in [0.4, 0.5) is 10.5 Å². The molecule has 0 unspecified atom stereocenters. The van der Waals surface area contributed by atoms with Crippen LogP contribution in [0.3, 0.4) is 0 Å². The van der Waals surface area contributed by atoms with Gasteiger partial charge >= 0.3 is 16.1 Å². The molecule has 3 aromatic rings. The third-order valence-corrected chi connectivity index (χ3v) is 7.02. The van der Waals surface area contributed by atoms with Crippen molar-refractivity contribution in [3.63, 3.8) is 0 Å². The van der Waals surface area contributed by atoms with E-state index in [-0.39, 0.29) is 39.2 Å². The Morgan fingerprint density at radius 1 is 0.974 bits per heavy atom. The van der Waals surface area contributed by atoms with Gasteiger partial charge in [-0.3, -0.25) is 14.9 Å². The van der Waals surface area contributed by atoms with Gasteiger partial charge in [-0.05, 0) is 74.4 Å². The highest BCUT2D eigenvalue weighted by Gasteiger charge is 2.37. The molecule has 196 valence electrons. The van der Waals surface area contributed by atoms with E-state index in [2.05, 4.69) is 5.32 Å². The zero-order chi connectivity index (χ0) is 27.6. The average molecular weight is 555 g/mol. The number of urea groups is 1. The van der Waals surface area contributed by atoms with Gasteiger partial charge in [0.1, 0.15) is 10.5 Å².